The zero-order chi connectivity index (χ0) is 37.5. The van der Waals surface area contributed by atoms with Crippen LogP contribution in [0.15, 0.2) is 58.2 Å². The van der Waals surface area contributed by atoms with Gasteiger partial charge < -0.3 is 9.52 Å². The quantitative estimate of drug-likeness (QED) is 0.0845. The summed E-state index contributed by atoms with van der Waals surface area (Å²) in [5.74, 6) is 0.909. The molecule has 0 saturated carbocycles. The third-order valence-electron chi connectivity index (χ3n) is 11.2. The average Bonchev–Trinajstić information content (AvgIpc) is 3.80. The van der Waals surface area contributed by atoms with Gasteiger partial charge >= 0.3 is 0 Å². The molecule has 4 aromatic heterocycles. The Kier molecular flexibility index (Phi) is 13.1. The monoisotopic (exact) mass is 915 g/mol. The maximum atomic E-state index is 12.2. The minimum atomic E-state index is -0.337. The number of carbonyl (C=O) groups is 1. The summed E-state index contributed by atoms with van der Waals surface area (Å²) < 4.78 is 9.05. The standard InChI is InChI=1S/C30H28NOS2.C15H28O2.Ir/c1-16(2)11-20-17(3)34-26-15-22-25(14-21(20)26)32-24-7-9-31-28(27(22)24)19-12-18-8-10-33-29(18)23(13-19)30(4,5)6;1-7-14(5,8-2)12(16)11-13(17)15(6,9-3)10-4;/h7-10,13-16H,11H2,1-6H3;11,16H,7-10H2,1-6H3;/q-1;;/b;12-11-;. The molecule has 0 amide bonds. The maximum Gasteiger partial charge on any atom is 0.164 e. The summed E-state index contributed by atoms with van der Waals surface area (Å²) in [6.07, 6.45) is 7.71. The van der Waals surface area contributed by atoms with E-state index in [-0.39, 0.29) is 47.9 Å². The molecule has 4 heterocycles. The number of furan rings is 1. The van der Waals surface area contributed by atoms with E-state index in [2.05, 4.69) is 77.3 Å². The van der Waals surface area contributed by atoms with Crippen molar-refractivity contribution in [2.24, 2.45) is 16.7 Å². The SMILES string of the molecule is CCC(C)(CC)C(=O)/C=C(\O)C(C)(CC)CC.Cc1sc2cc3c(cc2c1CC(C)C)oc1ccnc(-c2[c-]c4ccsc4c(C(C)(C)C)c2)c13.[Ir]. The van der Waals surface area contributed by atoms with Gasteiger partial charge in [0.25, 0.3) is 0 Å². The van der Waals surface area contributed by atoms with Crippen LogP contribution in [0.5, 0.6) is 0 Å². The van der Waals surface area contributed by atoms with E-state index in [1.165, 1.54) is 36.9 Å². The van der Waals surface area contributed by atoms with Gasteiger partial charge in [0.05, 0.1) is 0 Å². The number of rotatable bonds is 10. The van der Waals surface area contributed by atoms with Crippen LogP contribution in [0.1, 0.15) is 118 Å². The van der Waals surface area contributed by atoms with E-state index in [9.17, 15) is 9.90 Å². The van der Waals surface area contributed by atoms with Crippen LogP contribution in [0.3, 0.4) is 0 Å². The molecular weight excluding hydrogens is 859 g/mol. The number of aliphatic hydroxyl groups excluding tert-OH is 1. The van der Waals surface area contributed by atoms with Crippen LogP contribution >= 0.6 is 22.7 Å². The molecule has 281 valence electrons. The summed E-state index contributed by atoms with van der Waals surface area (Å²) in [5, 5.41) is 17.0. The van der Waals surface area contributed by atoms with Crippen LogP contribution in [-0.2, 0) is 36.7 Å². The molecule has 1 radical (unpaired) electrons. The first kappa shape index (κ1) is 41.9. The average molecular weight is 915 g/mol. The molecule has 0 aliphatic carbocycles. The number of thiophene rings is 2. The van der Waals surface area contributed by atoms with Gasteiger partial charge in [-0.05, 0) is 89.6 Å². The van der Waals surface area contributed by atoms with E-state index >= 15 is 0 Å². The first-order chi connectivity index (χ1) is 24.0. The number of hydrogen-bond donors (Lipinski definition) is 1. The third kappa shape index (κ3) is 8.14. The molecule has 0 unspecified atom stereocenters. The molecule has 1 N–H and O–H groups in total. The summed E-state index contributed by atoms with van der Waals surface area (Å²) in [6.45, 7) is 25.7. The van der Waals surface area contributed by atoms with E-state index < -0.39 is 0 Å². The largest absolute Gasteiger partial charge is 0.512 e. The van der Waals surface area contributed by atoms with Gasteiger partial charge in [-0.3, -0.25) is 9.78 Å². The molecule has 0 spiro atoms. The van der Waals surface area contributed by atoms with Crippen molar-refractivity contribution in [2.45, 2.75) is 121 Å². The summed E-state index contributed by atoms with van der Waals surface area (Å²) in [7, 11) is 0. The van der Waals surface area contributed by atoms with Crippen molar-refractivity contribution >= 4 is 70.6 Å². The second-order valence-electron chi connectivity index (χ2n) is 16.2. The molecule has 7 heteroatoms. The molecule has 4 nitrogen and oxygen atoms in total. The number of fused-ring (bicyclic) bond motifs is 5. The Morgan fingerprint density at radius 1 is 0.942 bits per heavy atom. The van der Waals surface area contributed by atoms with Crippen LogP contribution in [0.4, 0.5) is 0 Å². The second kappa shape index (κ2) is 16.3. The third-order valence-corrected chi connectivity index (χ3v) is 13.3. The van der Waals surface area contributed by atoms with Crippen molar-refractivity contribution in [3.05, 3.63) is 75.8 Å². The molecule has 52 heavy (non-hydrogen) atoms. The fraction of sp³-hybridized carbons (Fsp3) is 0.467. The van der Waals surface area contributed by atoms with Crippen molar-refractivity contribution in [2.75, 3.05) is 0 Å². The number of benzene rings is 2. The van der Waals surface area contributed by atoms with Gasteiger partial charge in [0, 0.05) is 69.3 Å². The molecule has 0 aliphatic heterocycles. The number of hydrogen-bond acceptors (Lipinski definition) is 6. The van der Waals surface area contributed by atoms with Crippen LogP contribution in [-0.4, -0.2) is 15.9 Å². The number of allylic oxidation sites excluding steroid dienone is 2. The number of nitrogens with zero attached hydrogens (tertiary/aromatic N) is 1. The Balaban J connectivity index is 0.000000289. The first-order valence-corrected chi connectivity index (χ1v) is 20.3. The normalized spacial score (nSPS) is 12.9. The molecule has 0 bridgehead atoms. The first-order valence-electron chi connectivity index (χ1n) is 18.6. The fourth-order valence-electron chi connectivity index (χ4n) is 6.73. The van der Waals surface area contributed by atoms with E-state index in [1.54, 1.807) is 11.3 Å². The van der Waals surface area contributed by atoms with Crippen molar-refractivity contribution in [1.82, 2.24) is 4.98 Å². The summed E-state index contributed by atoms with van der Waals surface area (Å²) in [6, 6.07) is 14.7. The van der Waals surface area contributed by atoms with Gasteiger partial charge in [0.1, 0.15) is 16.9 Å². The van der Waals surface area contributed by atoms with E-state index in [0.717, 1.165) is 70.7 Å². The van der Waals surface area contributed by atoms with E-state index in [4.69, 9.17) is 9.40 Å². The Bertz CT molecular complexity index is 2220. The number of aromatic nitrogens is 1. The van der Waals surface area contributed by atoms with Crippen LogP contribution in [0.2, 0.25) is 0 Å². The van der Waals surface area contributed by atoms with Gasteiger partial charge in [-0.1, -0.05) is 87.3 Å². The fourth-order valence-corrected chi connectivity index (χ4v) is 8.92. The minimum Gasteiger partial charge on any atom is -0.512 e. The molecule has 2 aromatic carbocycles. The Labute approximate surface area is 332 Å². The molecule has 0 aliphatic rings. The Hall–Kier alpha value is -2.83. The Morgan fingerprint density at radius 3 is 2.19 bits per heavy atom. The van der Waals surface area contributed by atoms with Gasteiger partial charge in [0.15, 0.2) is 5.78 Å². The Morgan fingerprint density at radius 2 is 1.60 bits per heavy atom. The van der Waals surface area contributed by atoms with Crippen molar-refractivity contribution in [3.63, 3.8) is 0 Å². The van der Waals surface area contributed by atoms with Gasteiger partial charge in [-0.15, -0.1) is 34.9 Å². The second-order valence-corrected chi connectivity index (χ2v) is 18.3. The number of pyridine rings is 1. The number of aliphatic hydroxyl groups is 1. The van der Waals surface area contributed by atoms with Gasteiger partial charge in [-0.25, -0.2) is 0 Å². The number of carbonyl (C=O) groups excluding carboxylic acids is 1. The van der Waals surface area contributed by atoms with Gasteiger partial charge in [0.2, 0.25) is 0 Å². The van der Waals surface area contributed by atoms with Crippen molar-refractivity contribution < 1.29 is 34.4 Å². The summed E-state index contributed by atoms with van der Waals surface area (Å²) in [5.41, 5.74) is 6.04. The zero-order valence-electron chi connectivity index (χ0n) is 33.1. The number of aryl methyl sites for hydroxylation is 1. The molecule has 0 saturated heterocycles. The zero-order valence-corrected chi connectivity index (χ0v) is 37.1. The molecule has 0 fully saturated rings. The predicted octanol–water partition coefficient (Wildman–Crippen LogP) is 14.3. The van der Waals surface area contributed by atoms with E-state index in [1.807, 2.05) is 65.1 Å². The predicted molar refractivity (Wildman–Crippen MR) is 222 cm³/mol. The topological polar surface area (TPSA) is 63.3 Å². The summed E-state index contributed by atoms with van der Waals surface area (Å²) >= 11 is 3.68. The van der Waals surface area contributed by atoms with E-state index in [0.29, 0.717) is 5.92 Å². The van der Waals surface area contributed by atoms with Gasteiger partial charge in [-0.2, -0.15) is 11.3 Å². The molecular formula is C45H56IrNO3S2-. The van der Waals surface area contributed by atoms with Crippen LogP contribution < -0.4 is 0 Å². The van der Waals surface area contributed by atoms with Crippen molar-refractivity contribution in [3.8, 4) is 11.3 Å². The van der Waals surface area contributed by atoms with Crippen LogP contribution in [0.25, 0.3) is 53.4 Å². The van der Waals surface area contributed by atoms with Crippen LogP contribution in [0, 0.1) is 29.7 Å². The number of ketones is 1. The smallest absolute Gasteiger partial charge is 0.164 e. The molecule has 0 atom stereocenters. The maximum absolute atomic E-state index is 12.2. The van der Waals surface area contributed by atoms with Crippen molar-refractivity contribution in [1.29, 1.82) is 0 Å². The molecule has 6 rings (SSSR count). The minimum absolute atomic E-state index is 0. The molecule has 6 aromatic rings. The summed E-state index contributed by atoms with van der Waals surface area (Å²) in [4.78, 5) is 18.5.